The zero-order valence-corrected chi connectivity index (χ0v) is 12.3. The Kier molecular flexibility index (Phi) is 7.12. The molecule has 0 saturated heterocycles. The van der Waals surface area contributed by atoms with Crippen LogP contribution < -0.4 is 5.32 Å². The molecule has 0 radical (unpaired) electrons. The Hall–Kier alpha value is -1.52. The summed E-state index contributed by atoms with van der Waals surface area (Å²) in [5.74, 6) is -0.217. The monoisotopic (exact) mass is 282 g/mol. The van der Waals surface area contributed by atoms with Gasteiger partial charge < -0.3 is 15.3 Å². The number of carbonyl (C=O) groups excluding carboxylic acids is 1. The van der Waals surface area contributed by atoms with Crippen molar-refractivity contribution in [3.63, 3.8) is 0 Å². The van der Waals surface area contributed by atoms with Gasteiger partial charge in [0.2, 0.25) is 0 Å². The van der Waals surface area contributed by atoms with Crippen LogP contribution in [0.4, 0.5) is 4.79 Å². The van der Waals surface area contributed by atoms with Gasteiger partial charge >= 0.3 is 12.0 Å². The molecule has 1 fully saturated rings. The van der Waals surface area contributed by atoms with E-state index in [4.69, 9.17) is 5.11 Å². The lowest BCUT2D eigenvalue weighted by Gasteiger charge is -2.30. The lowest BCUT2D eigenvalue weighted by atomic mass is 9.83. The van der Waals surface area contributed by atoms with Gasteiger partial charge in [0.05, 0.1) is 0 Å². The summed E-state index contributed by atoms with van der Waals surface area (Å²) in [6.45, 7) is 5.72. The van der Waals surface area contributed by atoms with Gasteiger partial charge in [0.15, 0.2) is 0 Å². The normalized spacial score (nSPS) is 22.1. The lowest BCUT2D eigenvalue weighted by Crippen LogP contribution is -2.47. The molecule has 0 unspecified atom stereocenters. The van der Waals surface area contributed by atoms with Gasteiger partial charge in [-0.15, -0.1) is 6.58 Å². The molecular formula is C15H26N2O3. The van der Waals surface area contributed by atoms with E-state index in [1.165, 1.54) is 17.7 Å². The quantitative estimate of drug-likeness (QED) is 0.705. The highest BCUT2D eigenvalue weighted by Crippen LogP contribution is 2.27. The first-order valence-corrected chi connectivity index (χ1v) is 7.44. The Morgan fingerprint density at radius 2 is 2.00 bits per heavy atom. The fraction of sp³-hybridized carbons (Fsp3) is 0.733. The summed E-state index contributed by atoms with van der Waals surface area (Å²) in [7, 11) is 0. The Morgan fingerprint density at radius 3 is 2.50 bits per heavy atom. The van der Waals surface area contributed by atoms with E-state index in [0.29, 0.717) is 0 Å². The predicted octanol–water partition coefficient (Wildman–Crippen LogP) is 2.63. The van der Waals surface area contributed by atoms with Crippen LogP contribution in [0.1, 0.15) is 45.4 Å². The molecule has 1 saturated carbocycles. The lowest BCUT2D eigenvalue weighted by molar-refractivity contribution is -0.137. The number of hydrogen-bond acceptors (Lipinski definition) is 2. The number of nitrogens with one attached hydrogen (secondary N) is 1. The molecule has 1 aliphatic rings. The Morgan fingerprint density at radius 1 is 1.35 bits per heavy atom. The van der Waals surface area contributed by atoms with E-state index in [2.05, 4.69) is 18.8 Å². The number of urea groups is 1. The van der Waals surface area contributed by atoms with Gasteiger partial charge in [0, 0.05) is 12.6 Å². The average molecular weight is 282 g/mol. The molecule has 0 aromatic carbocycles. The van der Waals surface area contributed by atoms with Crippen molar-refractivity contribution < 1.29 is 14.7 Å². The third kappa shape index (κ3) is 5.63. The van der Waals surface area contributed by atoms with Gasteiger partial charge in [-0.25, -0.2) is 4.79 Å². The highest BCUT2D eigenvalue weighted by Gasteiger charge is 2.24. The summed E-state index contributed by atoms with van der Waals surface area (Å²) in [6, 6.07) is -0.122. The van der Waals surface area contributed by atoms with Gasteiger partial charge in [-0.1, -0.05) is 25.8 Å². The number of nitrogens with zero attached hydrogens (tertiary/aromatic N) is 1. The van der Waals surface area contributed by atoms with E-state index in [1.807, 2.05) is 0 Å². The van der Waals surface area contributed by atoms with E-state index in [0.717, 1.165) is 31.6 Å². The minimum absolute atomic E-state index is 0.178. The second-order valence-corrected chi connectivity index (χ2v) is 5.52. The summed E-state index contributed by atoms with van der Waals surface area (Å²) in [6.07, 6.45) is 8.31. The molecule has 20 heavy (non-hydrogen) atoms. The van der Waals surface area contributed by atoms with Gasteiger partial charge in [0.25, 0.3) is 0 Å². The zero-order chi connectivity index (χ0) is 15.0. The van der Waals surface area contributed by atoms with Crippen molar-refractivity contribution in [1.29, 1.82) is 0 Å². The number of hydrogen-bond donors (Lipinski definition) is 2. The van der Waals surface area contributed by atoms with E-state index in [9.17, 15) is 9.59 Å². The van der Waals surface area contributed by atoms with Gasteiger partial charge in [0.1, 0.15) is 6.54 Å². The number of amides is 2. The van der Waals surface area contributed by atoms with Gasteiger partial charge in [-0.2, -0.15) is 0 Å². The first-order chi connectivity index (χ1) is 9.56. The molecule has 1 aliphatic carbocycles. The van der Waals surface area contributed by atoms with Crippen molar-refractivity contribution in [3.8, 4) is 0 Å². The standard InChI is InChI=1S/C15H26N2O3/c1-3-5-12-6-8-13(9-7-12)16-15(20)17(10-4-2)11-14(18)19/h4,12-13H,2-3,5-11H2,1H3,(H,16,20)(H,18,19). The molecule has 2 N–H and O–H groups in total. The minimum Gasteiger partial charge on any atom is -0.480 e. The van der Waals surface area contributed by atoms with Crippen molar-refractivity contribution in [1.82, 2.24) is 10.2 Å². The minimum atomic E-state index is -1.01. The molecule has 0 aromatic heterocycles. The fourth-order valence-corrected chi connectivity index (χ4v) is 2.81. The topological polar surface area (TPSA) is 69.6 Å². The Balaban J connectivity index is 2.40. The van der Waals surface area contributed by atoms with Crippen LogP contribution in [0, 0.1) is 5.92 Å². The van der Waals surface area contributed by atoms with Gasteiger partial charge in [-0.3, -0.25) is 4.79 Å². The van der Waals surface area contributed by atoms with E-state index >= 15 is 0 Å². The second kappa shape index (κ2) is 8.61. The molecule has 0 heterocycles. The van der Waals surface area contributed by atoms with Crippen molar-refractivity contribution in [2.45, 2.75) is 51.5 Å². The molecule has 0 bridgehead atoms. The van der Waals surface area contributed by atoms with Crippen molar-refractivity contribution >= 4 is 12.0 Å². The van der Waals surface area contributed by atoms with E-state index < -0.39 is 5.97 Å². The van der Waals surface area contributed by atoms with Crippen LogP contribution in [0.2, 0.25) is 0 Å². The molecule has 1 rings (SSSR count). The SMILES string of the molecule is C=CCN(CC(=O)O)C(=O)NC1CCC(CCC)CC1. The summed E-state index contributed by atoms with van der Waals surface area (Å²) in [4.78, 5) is 24.1. The molecule has 2 amide bonds. The predicted molar refractivity (Wildman–Crippen MR) is 78.6 cm³/mol. The number of carbonyl (C=O) groups is 2. The van der Waals surface area contributed by atoms with Crippen LogP contribution in [0.25, 0.3) is 0 Å². The van der Waals surface area contributed by atoms with Crippen LogP contribution in [0.15, 0.2) is 12.7 Å². The Bertz CT molecular complexity index is 336. The van der Waals surface area contributed by atoms with Crippen LogP contribution in [-0.4, -0.2) is 41.1 Å². The molecule has 0 aromatic rings. The third-order valence-corrected chi connectivity index (χ3v) is 3.83. The summed E-state index contributed by atoms with van der Waals surface area (Å²) >= 11 is 0. The molecule has 5 nitrogen and oxygen atoms in total. The van der Waals surface area contributed by atoms with Crippen molar-refractivity contribution in [2.24, 2.45) is 5.92 Å². The third-order valence-electron chi connectivity index (χ3n) is 3.83. The molecule has 5 heteroatoms. The average Bonchev–Trinajstić information content (AvgIpc) is 2.40. The number of rotatable bonds is 7. The summed E-state index contributed by atoms with van der Waals surface area (Å²) < 4.78 is 0. The largest absolute Gasteiger partial charge is 0.480 e. The molecule has 0 aliphatic heterocycles. The fourth-order valence-electron chi connectivity index (χ4n) is 2.81. The zero-order valence-electron chi connectivity index (χ0n) is 12.3. The van der Waals surface area contributed by atoms with Crippen LogP contribution >= 0.6 is 0 Å². The van der Waals surface area contributed by atoms with Crippen LogP contribution in [0.5, 0.6) is 0 Å². The van der Waals surface area contributed by atoms with E-state index in [-0.39, 0.29) is 25.2 Å². The second-order valence-electron chi connectivity index (χ2n) is 5.52. The number of carboxylic acid groups (broad SMARTS) is 1. The maximum atomic E-state index is 12.0. The van der Waals surface area contributed by atoms with Gasteiger partial charge in [-0.05, 0) is 31.6 Å². The molecule has 0 spiro atoms. The van der Waals surface area contributed by atoms with Crippen LogP contribution in [-0.2, 0) is 4.79 Å². The van der Waals surface area contributed by atoms with Crippen molar-refractivity contribution in [2.75, 3.05) is 13.1 Å². The van der Waals surface area contributed by atoms with Crippen LogP contribution in [0.3, 0.4) is 0 Å². The molecular weight excluding hydrogens is 256 g/mol. The summed E-state index contributed by atoms with van der Waals surface area (Å²) in [5, 5.41) is 11.8. The Labute approximate surface area is 121 Å². The van der Waals surface area contributed by atoms with Crippen molar-refractivity contribution in [3.05, 3.63) is 12.7 Å². The smallest absolute Gasteiger partial charge is 0.323 e. The first kappa shape index (κ1) is 16.5. The highest BCUT2D eigenvalue weighted by molar-refractivity contribution is 5.80. The highest BCUT2D eigenvalue weighted by atomic mass is 16.4. The number of aliphatic carboxylic acids is 1. The molecule has 0 atom stereocenters. The maximum Gasteiger partial charge on any atom is 0.323 e. The number of carboxylic acids is 1. The maximum absolute atomic E-state index is 12.0. The summed E-state index contributed by atoms with van der Waals surface area (Å²) in [5.41, 5.74) is 0. The molecule has 114 valence electrons. The first-order valence-electron chi connectivity index (χ1n) is 7.44. The van der Waals surface area contributed by atoms with E-state index in [1.54, 1.807) is 6.08 Å².